The average Bonchev–Trinajstić information content (AvgIpc) is 3.95. The number of rotatable bonds is 11. The summed E-state index contributed by atoms with van der Waals surface area (Å²) >= 11 is 0. The summed E-state index contributed by atoms with van der Waals surface area (Å²) in [7, 11) is 1.27. The number of hydrogen-bond acceptors (Lipinski definition) is 6. The average molecular weight is 664 g/mol. The molecule has 2 aromatic heterocycles. The fraction of sp³-hybridized carbons (Fsp3) is 0.447. The van der Waals surface area contributed by atoms with E-state index < -0.39 is 6.09 Å². The number of aromatic amines is 2. The van der Waals surface area contributed by atoms with Crippen molar-refractivity contribution in [1.29, 1.82) is 0 Å². The van der Waals surface area contributed by atoms with Crippen LogP contribution in [0.3, 0.4) is 0 Å². The first kappa shape index (κ1) is 32.6. The van der Waals surface area contributed by atoms with Crippen LogP contribution in [0.2, 0.25) is 0 Å². The number of likely N-dealkylation sites (tertiary alicyclic amines) is 1. The van der Waals surface area contributed by atoms with Crippen molar-refractivity contribution in [2.24, 2.45) is 5.92 Å². The Morgan fingerprint density at radius 1 is 0.939 bits per heavy atom. The lowest BCUT2D eigenvalue weighted by molar-refractivity contribution is -0.136. The molecule has 1 aliphatic heterocycles. The third-order valence-electron chi connectivity index (χ3n) is 10.4. The number of amides is 3. The second-order valence-corrected chi connectivity index (χ2v) is 13.6. The van der Waals surface area contributed by atoms with Gasteiger partial charge in [0, 0.05) is 19.0 Å². The molecule has 0 radical (unpaired) electrons. The van der Waals surface area contributed by atoms with Gasteiger partial charge in [-0.3, -0.25) is 9.59 Å². The normalized spacial score (nSPS) is 19.0. The molecule has 256 valence electrons. The fourth-order valence-electron chi connectivity index (χ4n) is 8.07. The molecule has 3 N–H and O–H groups in total. The number of nitrogens with zero attached hydrogens (tertiary/aromatic N) is 4. The summed E-state index contributed by atoms with van der Waals surface area (Å²) in [4.78, 5) is 57.4. The zero-order chi connectivity index (χ0) is 34.1. The molecular weight excluding hydrogens is 618 g/mol. The number of hydrogen-bond donors (Lipinski definition) is 3. The first-order valence-electron chi connectivity index (χ1n) is 17.6. The Bertz CT molecular complexity index is 1860. The molecule has 11 nitrogen and oxygen atoms in total. The van der Waals surface area contributed by atoms with Crippen LogP contribution in [0, 0.1) is 5.92 Å². The summed E-state index contributed by atoms with van der Waals surface area (Å²) in [5.41, 5.74) is 9.17. The van der Waals surface area contributed by atoms with Crippen LogP contribution in [0.1, 0.15) is 81.2 Å². The van der Waals surface area contributed by atoms with Crippen molar-refractivity contribution in [2.75, 3.05) is 20.2 Å². The van der Waals surface area contributed by atoms with Crippen molar-refractivity contribution in [3.63, 3.8) is 0 Å². The Labute approximate surface area is 286 Å². The van der Waals surface area contributed by atoms with Crippen LogP contribution >= 0.6 is 0 Å². The van der Waals surface area contributed by atoms with E-state index in [-0.39, 0.29) is 24.4 Å². The molecule has 2 fully saturated rings. The van der Waals surface area contributed by atoms with Crippen LogP contribution in [0.25, 0.3) is 33.6 Å². The third kappa shape index (κ3) is 6.46. The van der Waals surface area contributed by atoms with E-state index in [2.05, 4.69) is 73.2 Å². The highest BCUT2D eigenvalue weighted by Gasteiger charge is 2.49. The zero-order valence-electron chi connectivity index (χ0n) is 28.6. The van der Waals surface area contributed by atoms with Crippen LogP contribution in [0.15, 0.2) is 48.8 Å². The summed E-state index contributed by atoms with van der Waals surface area (Å²) in [5, 5.41) is 2.46. The molecule has 2 aromatic carbocycles. The SMILES string of the molecule is CCCC(=O)N1[C@@H]2CC[C@@H](C2)[C@H]1c1ncc(-c2ccc3c(c2)CCc2cc(-c4cnc(CN(CCC)C(=O)CNC(=O)OC)[nH]4)ccc2-3)[nH]1. The van der Waals surface area contributed by atoms with Gasteiger partial charge in [0.15, 0.2) is 0 Å². The van der Waals surface area contributed by atoms with E-state index in [9.17, 15) is 14.4 Å². The Morgan fingerprint density at radius 3 is 2.31 bits per heavy atom. The number of H-pyrrole nitrogens is 2. The first-order valence-corrected chi connectivity index (χ1v) is 17.6. The van der Waals surface area contributed by atoms with Gasteiger partial charge in [-0.15, -0.1) is 0 Å². The number of aromatic nitrogens is 4. The van der Waals surface area contributed by atoms with Gasteiger partial charge in [0.25, 0.3) is 0 Å². The number of aryl methyl sites for hydroxylation is 2. The minimum Gasteiger partial charge on any atom is -0.453 e. The highest BCUT2D eigenvalue weighted by Crippen LogP contribution is 2.50. The van der Waals surface area contributed by atoms with Crippen molar-refractivity contribution < 1.29 is 19.1 Å². The summed E-state index contributed by atoms with van der Waals surface area (Å²) in [6.45, 7) is 4.83. The minimum absolute atomic E-state index is 0.0595. The van der Waals surface area contributed by atoms with Gasteiger partial charge in [-0.05, 0) is 96.4 Å². The molecule has 0 spiro atoms. The summed E-state index contributed by atoms with van der Waals surface area (Å²) in [5.74, 6) is 2.17. The number of fused-ring (bicyclic) bond motifs is 5. The van der Waals surface area contributed by atoms with Gasteiger partial charge in [0.2, 0.25) is 11.8 Å². The largest absolute Gasteiger partial charge is 0.453 e. The van der Waals surface area contributed by atoms with Crippen LogP contribution in [-0.2, 0) is 33.7 Å². The lowest BCUT2D eigenvalue weighted by atomic mass is 9.83. The van der Waals surface area contributed by atoms with Gasteiger partial charge in [-0.2, -0.15) is 0 Å². The van der Waals surface area contributed by atoms with Crippen LogP contribution in [-0.4, -0.2) is 73.9 Å². The lowest BCUT2D eigenvalue weighted by Crippen LogP contribution is -2.40. The Hall–Kier alpha value is -4.93. The number of piperidine rings is 1. The van der Waals surface area contributed by atoms with E-state index in [1.54, 1.807) is 4.90 Å². The third-order valence-corrected chi connectivity index (χ3v) is 10.4. The molecule has 3 heterocycles. The number of carbonyl (C=O) groups excluding carboxylic acids is 3. The molecule has 3 aliphatic rings. The van der Waals surface area contributed by atoms with Gasteiger partial charge in [0.1, 0.15) is 18.2 Å². The zero-order valence-corrected chi connectivity index (χ0v) is 28.6. The van der Waals surface area contributed by atoms with Gasteiger partial charge in [-0.25, -0.2) is 14.8 Å². The highest BCUT2D eigenvalue weighted by molar-refractivity contribution is 5.82. The molecule has 7 rings (SSSR count). The molecule has 2 bridgehead atoms. The van der Waals surface area contributed by atoms with Crippen molar-refractivity contribution >= 4 is 17.9 Å². The highest BCUT2D eigenvalue weighted by atomic mass is 16.5. The molecule has 4 aromatic rings. The number of imidazole rings is 2. The van der Waals surface area contributed by atoms with Gasteiger partial charge < -0.3 is 29.8 Å². The predicted octanol–water partition coefficient (Wildman–Crippen LogP) is 6.18. The van der Waals surface area contributed by atoms with Gasteiger partial charge in [0.05, 0.1) is 43.5 Å². The monoisotopic (exact) mass is 663 g/mol. The van der Waals surface area contributed by atoms with Crippen LogP contribution in [0.5, 0.6) is 0 Å². The number of alkyl carbamates (subject to hydrolysis) is 1. The maximum atomic E-state index is 13.0. The van der Waals surface area contributed by atoms with Gasteiger partial charge >= 0.3 is 6.09 Å². The van der Waals surface area contributed by atoms with Crippen molar-refractivity contribution in [1.82, 2.24) is 35.1 Å². The number of nitrogens with one attached hydrogen (secondary N) is 3. The number of carbonyl (C=O) groups is 3. The summed E-state index contributed by atoms with van der Waals surface area (Å²) < 4.78 is 4.58. The summed E-state index contributed by atoms with van der Waals surface area (Å²) in [6.07, 6.45) is 10.6. The molecule has 3 atom stereocenters. The standard InChI is InChI=1S/C38H45N7O4/c1-4-6-34(46)45-28-12-9-27(18-28)36(45)37-40-20-32(43-37)26-11-14-30-24(17-26)8-7-23-16-25(10-13-29(23)30)31-19-39-33(42-31)22-44(15-5-2)35(47)21-41-38(48)49-3/h10-11,13-14,16-17,19-20,27-28,36H,4-9,12,15,18,21-22H2,1-3H3,(H,39,42)(H,40,43)(H,41,48)/t27-,28+,36-/m0/s1. The van der Waals surface area contributed by atoms with E-state index in [1.807, 2.05) is 19.3 Å². The van der Waals surface area contributed by atoms with E-state index in [4.69, 9.17) is 4.98 Å². The predicted molar refractivity (Wildman–Crippen MR) is 186 cm³/mol. The van der Waals surface area contributed by atoms with E-state index in [1.165, 1.54) is 35.8 Å². The topological polar surface area (TPSA) is 136 Å². The van der Waals surface area contributed by atoms with E-state index in [0.717, 1.165) is 66.9 Å². The number of benzene rings is 2. The number of ether oxygens (including phenoxy) is 1. The molecule has 3 amide bonds. The molecule has 1 saturated carbocycles. The minimum atomic E-state index is -0.633. The van der Waals surface area contributed by atoms with Crippen LogP contribution < -0.4 is 5.32 Å². The molecular formula is C38H45N7O4. The Kier molecular flexibility index (Phi) is 9.25. The molecule has 1 saturated heterocycles. The van der Waals surface area contributed by atoms with E-state index >= 15 is 0 Å². The Balaban J connectivity index is 1.05. The second-order valence-electron chi connectivity index (χ2n) is 13.6. The fourth-order valence-corrected chi connectivity index (χ4v) is 8.07. The maximum Gasteiger partial charge on any atom is 0.407 e. The second kappa shape index (κ2) is 13.9. The van der Waals surface area contributed by atoms with Crippen molar-refractivity contribution in [3.05, 3.63) is 71.6 Å². The first-order chi connectivity index (χ1) is 23.9. The number of methoxy groups -OCH3 is 1. The quantitative estimate of drug-likeness (QED) is 0.175. The molecule has 0 unspecified atom stereocenters. The van der Waals surface area contributed by atoms with Crippen molar-refractivity contribution in [3.8, 4) is 33.6 Å². The summed E-state index contributed by atoms with van der Waals surface area (Å²) in [6, 6.07) is 13.7. The lowest BCUT2D eigenvalue weighted by Gasteiger charge is -2.34. The molecule has 49 heavy (non-hydrogen) atoms. The van der Waals surface area contributed by atoms with Crippen molar-refractivity contribution in [2.45, 2.75) is 83.8 Å². The van der Waals surface area contributed by atoms with Gasteiger partial charge in [-0.1, -0.05) is 38.1 Å². The molecule has 2 aliphatic carbocycles. The molecule has 11 heteroatoms. The van der Waals surface area contributed by atoms with Crippen LogP contribution in [0.4, 0.5) is 4.79 Å². The van der Waals surface area contributed by atoms with E-state index in [0.29, 0.717) is 37.3 Å². The Morgan fingerprint density at radius 2 is 1.63 bits per heavy atom. The smallest absolute Gasteiger partial charge is 0.407 e. The maximum absolute atomic E-state index is 13.0.